The SMILES string of the molecule is CCCC(C)(OO)c1ccc(C)cc1OO. The zero-order valence-electron chi connectivity index (χ0n) is 9.86. The standard InChI is InChI=1S/C12H18O4/c1-4-7-12(3,16-14)10-6-5-9(2)8-11(10)15-13/h5-6,8,13-14H,4,7H2,1-3H3. The number of hydrogen-bond donors (Lipinski definition) is 2. The van der Waals surface area contributed by atoms with Crippen molar-refractivity contribution >= 4 is 0 Å². The van der Waals surface area contributed by atoms with E-state index in [1.165, 1.54) is 0 Å². The van der Waals surface area contributed by atoms with Gasteiger partial charge in [0.05, 0.1) is 0 Å². The van der Waals surface area contributed by atoms with Gasteiger partial charge < -0.3 is 4.89 Å². The van der Waals surface area contributed by atoms with Crippen molar-refractivity contribution < 1.29 is 20.3 Å². The number of aryl methyl sites for hydroxylation is 1. The summed E-state index contributed by atoms with van der Waals surface area (Å²) in [6.07, 6.45) is 1.47. The van der Waals surface area contributed by atoms with E-state index in [9.17, 15) is 0 Å². The van der Waals surface area contributed by atoms with E-state index < -0.39 is 5.60 Å². The van der Waals surface area contributed by atoms with Gasteiger partial charge in [0.15, 0.2) is 5.75 Å². The Morgan fingerprint density at radius 2 is 2.00 bits per heavy atom. The van der Waals surface area contributed by atoms with Crippen LogP contribution in [0.1, 0.15) is 37.8 Å². The summed E-state index contributed by atoms with van der Waals surface area (Å²) in [5.41, 5.74) is 0.732. The van der Waals surface area contributed by atoms with Crippen LogP contribution in [0.4, 0.5) is 0 Å². The maximum absolute atomic E-state index is 9.02. The molecule has 0 bridgehead atoms. The van der Waals surface area contributed by atoms with Crippen molar-refractivity contribution in [3.05, 3.63) is 29.3 Å². The lowest BCUT2D eigenvalue weighted by Crippen LogP contribution is -2.25. The molecule has 90 valence electrons. The van der Waals surface area contributed by atoms with Gasteiger partial charge >= 0.3 is 0 Å². The van der Waals surface area contributed by atoms with Crippen LogP contribution in [-0.4, -0.2) is 10.5 Å². The molecule has 0 saturated heterocycles. The van der Waals surface area contributed by atoms with Crippen LogP contribution in [0.3, 0.4) is 0 Å². The molecule has 1 unspecified atom stereocenters. The molecular formula is C12H18O4. The molecule has 1 aromatic carbocycles. The highest BCUT2D eigenvalue weighted by atomic mass is 17.1. The van der Waals surface area contributed by atoms with E-state index in [2.05, 4.69) is 9.78 Å². The first-order chi connectivity index (χ1) is 7.57. The molecule has 1 atom stereocenters. The van der Waals surface area contributed by atoms with Crippen LogP contribution in [0.25, 0.3) is 0 Å². The van der Waals surface area contributed by atoms with Gasteiger partial charge in [-0.1, -0.05) is 25.5 Å². The van der Waals surface area contributed by atoms with Crippen molar-refractivity contribution in [2.24, 2.45) is 0 Å². The lowest BCUT2D eigenvalue weighted by Gasteiger charge is -2.27. The normalized spacial score (nSPS) is 14.6. The van der Waals surface area contributed by atoms with E-state index in [4.69, 9.17) is 10.5 Å². The molecule has 0 aliphatic rings. The van der Waals surface area contributed by atoms with E-state index in [0.717, 1.165) is 12.0 Å². The van der Waals surface area contributed by atoms with Crippen molar-refractivity contribution in [1.29, 1.82) is 0 Å². The molecule has 0 aliphatic heterocycles. The van der Waals surface area contributed by atoms with Crippen LogP contribution in [-0.2, 0) is 10.5 Å². The van der Waals surface area contributed by atoms with Gasteiger partial charge in [-0.25, -0.2) is 10.1 Å². The zero-order valence-corrected chi connectivity index (χ0v) is 9.86. The van der Waals surface area contributed by atoms with E-state index in [1.807, 2.05) is 19.9 Å². The zero-order chi connectivity index (χ0) is 12.2. The van der Waals surface area contributed by atoms with Crippen LogP contribution in [0.5, 0.6) is 5.75 Å². The first kappa shape index (κ1) is 13.0. The largest absolute Gasteiger partial charge is 0.340 e. The fraction of sp³-hybridized carbons (Fsp3) is 0.500. The molecule has 0 aromatic heterocycles. The third kappa shape index (κ3) is 2.52. The highest BCUT2D eigenvalue weighted by Crippen LogP contribution is 2.36. The van der Waals surface area contributed by atoms with Gasteiger partial charge in [0, 0.05) is 5.56 Å². The molecule has 0 heterocycles. The number of hydrogen-bond acceptors (Lipinski definition) is 4. The van der Waals surface area contributed by atoms with Crippen molar-refractivity contribution in [2.45, 2.75) is 39.2 Å². The van der Waals surface area contributed by atoms with E-state index in [-0.39, 0.29) is 0 Å². The minimum Gasteiger partial charge on any atom is -0.340 e. The van der Waals surface area contributed by atoms with Gasteiger partial charge in [-0.05, 0) is 31.9 Å². The second-order valence-electron chi connectivity index (χ2n) is 4.16. The summed E-state index contributed by atoms with van der Waals surface area (Å²) in [7, 11) is 0. The Morgan fingerprint density at radius 3 is 2.50 bits per heavy atom. The lowest BCUT2D eigenvalue weighted by atomic mass is 9.90. The summed E-state index contributed by atoms with van der Waals surface area (Å²) < 4.78 is 0. The second kappa shape index (κ2) is 5.30. The smallest absolute Gasteiger partial charge is 0.171 e. The summed E-state index contributed by atoms with van der Waals surface area (Å²) in [6, 6.07) is 5.36. The Bertz CT molecular complexity index is 351. The van der Waals surface area contributed by atoms with Crippen molar-refractivity contribution in [3.63, 3.8) is 0 Å². The summed E-state index contributed by atoms with van der Waals surface area (Å²) >= 11 is 0. The topological polar surface area (TPSA) is 58.9 Å². The molecule has 0 aliphatic carbocycles. The van der Waals surface area contributed by atoms with Crippen LogP contribution in [0.2, 0.25) is 0 Å². The molecule has 1 aromatic rings. The second-order valence-corrected chi connectivity index (χ2v) is 4.16. The average molecular weight is 226 g/mol. The fourth-order valence-electron chi connectivity index (χ4n) is 1.85. The molecule has 0 amide bonds. The summed E-state index contributed by atoms with van der Waals surface area (Å²) in [4.78, 5) is 8.88. The first-order valence-corrected chi connectivity index (χ1v) is 5.32. The highest BCUT2D eigenvalue weighted by Gasteiger charge is 2.31. The molecule has 1 rings (SSSR count). The van der Waals surface area contributed by atoms with Crippen molar-refractivity contribution in [3.8, 4) is 5.75 Å². The van der Waals surface area contributed by atoms with Gasteiger partial charge in [0.25, 0.3) is 0 Å². The fourth-order valence-corrected chi connectivity index (χ4v) is 1.85. The molecule has 16 heavy (non-hydrogen) atoms. The summed E-state index contributed by atoms with van der Waals surface area (Å²) in [6.45, 7) is 5.64. The van der Waals surface area contributed by atoms with Crippen molar-refractivity contribution in [2.75, 3.05) is 0 Å². The Balaban J connectivity index is 3.18. The molecule has 4 heteroatoms. The molecule has 0 radical (unpaired) electrons. The van der Waals surface area contributed by atoms with Gasteiger partial charge in [-0.3, -0.25) is 5.26 Å². The highest BCUT2D eigenvalue weighted by molar-refractivity contribution is 5.40. The Kier molecular flexibility index (Phi) is 4.29. The third-order valence-electron chi connectivity index (χ3n) is 2.73. The molecule has 0 saturated carbocycles. The van der Waals surface area contributed by atoms with E-state index >= 15 is 0 Å². The van der Waals surface area contributed by atoms with Crippen LogP contribution in [0.15, 0.2) is 18.2 Å². The maximum Gasteiger partial charge on any atom is 0.171 e. The minimum absolute atomic E-state index is 0.310. The van der Waals surface area contributed by atoms with E-state index in [0.29, 0.717) is 17.7 Å². The minimum atomic E-state index is -0.861. The van der Waals surface area contributed by atoms with Crippen LogP contribution >= 0.6 is 0 Å². The van der Waals surface area contributed by atoms with Gasteiger partial charge in [-0.15, -0.1) is 0 Å². The van der Waals surface area contributed by atoms with Gasteiger partial charge in [0.2, 0.25) is 0 Å². The molecule has 0 fully saturated rings. The third-order valence-corrected chi connectivity index (χ3v) is 2.73. The lowest BCUT2D eigenvalue weighted by molar-refractivity contribution is -0.326. The molecular weight excluding hydrogens is 208 g/mol. The molecule has 0 spiro atoms. The predicted molar refractivity (Wildman–Crippen MR) is 60.4 cm³/mol. The Hall–Kier alpha value is -1.10. The summed E-state index contributed by atoms with van der Waals surface area (Å²) in [5, 5.41) is 17.9. The quantitative estimate of drug-likeness (QED) is 0.597. The monoisotopic (exact) mass is 226 g/mol. The van der Waals surface area contributed by atoms with Gasteiger partial charge in [-0.2, -0.15) is 0 Å². The average Bonchev–Trinajstić information content (AvgIpc) is 2.28. The van der Waals surface area contributed by atoms with Gasteiger partial charge in [0.1, 0.15) is 5.60 Å². The Morgan fingerprint density at radius 1 is 1.31 bits per heavy atom. The number of rotatable bonds is 5. The molecule has 4 nitrogen and oxygen atoms in total. The molecule has 2 N–H and O–H groups in total. The van der Waals surface area contributed by atoms with Crippen LogP contribution in [0, 0.1) is 6.92 Å². The van der Waals surface area contributed by atoms with Crippen molar-refractivity contribution in [1.82, 2.24) is 0 Å². The van der Waals surface area contributed by atoms with E-state index in [1.54, 1.807) is 19.1 Å². The maximum atomic E-state index is 9.02. The van der Waals surface area contributed by atoms with Crippen LogP contribution < -0.4 is 4.89 Å². The summed E-state index contributed by atoms with van der Waals surface area (Å²) in [5.74, 6) is 0.310. The predicted octanol–water partition coefficient (Wildman–Crippen LogP) is 3.35. The first-order valence-electron chi connectivity index (χ1n) is 5.32. The Labute approximate surface area is 95.3 Å². The number of benzene rings is 1.